The highest BCUT2D eigenvalue weighted by Gasteiger charge is 2.19. The highest BCUT2D eigenvalue weighted by atomic mass is 32.2. The fraction of sp³-hybridized carbons (Fsp3) is 0.312. The minimum atomic E-state index is -0.982. The SMILES string of the molecule is CCCc1cc(=O)[nH]c(S[C@@H](C)C(=O)Nc2ccc(F)c([N+](=O)[O-])c2)n1. The summed E-state index contributed by atoms with van der Waals surface area (Å²) >= 11 is 1.05. The third kappa shape index (κ3) is 5.12. The van der Waals surface area contributed by atoms with Crippen molar-refractivity contribution < 1.29 is 14.1 Å². The minimum Gasteiger partial charge on any atom is -0.325 e. The van der Waals surface area contributed by atoms with Crippen molar-refractivity contribution in [2.24, 2.45) is 0 Å². The van der Waals surface area contributed by atoms with Crippen LogP contribution in [0.3, 0.4) is 0 Å². The first kappa shape index (κ1) is 19.6. The van der Waals surface area contributed by atoms with Gasteiger partial charge >= 0.3 is 5.69 Å². The lowest BCUT2D eigenvalue weighted by atomic mass is 10.2. The molecule has 1 aromatic carbocycles. The van der Waals surface area contributed by atoms with Crippen LogP contribution in [0, 0.1) is 15.9 Å². The number of carbonyl (C=O) groups excluding carboxylic acids is 1. The van der Waals surface area contributed by atoms with Crippen LogP contribution in [-0.4, -0.2) is 26.0 Å². The molecule has 2 N–H and O–H groups in total. The summed E-state index contributed by atoms with van der Waals surface area (Å²) in [4.78, 5) is 40.7. The van der Waals surface area contributed by atoms with E-state index in [9.17, 15) is 24.1 Å². The van der Waals surface area contributed by atoms with E-state index in [1.807, 2.05) is 6.92 Å². The van der Waals surface area contributed by atoms with Gasteiger partial charge in [0.15, 0.2) is 5.16 Å². The Bertz CT molecular complexity index is 887. The number of aromatic nitrogens is 2. The molecule has 1 amide bonds. The van der Waals surface area contributed by atoms with E-state index in [0.717, 1.165) is 30.3 Å². The number of halogens is 1. The molecule has 0 fully saturated rings. The topological polar surface area (TPSA) is 118 Å². The van der Waals surface area contributed by atoms with Crippen LogP contribution in [0.5, 0.6) is 0 Å². The molecule has 2 rings (SSSR count). The Morgan fingerprint density at radius 1 is 1.46 bits per heavy atom. The highest BCUT2D eigenvalue weighted by Crippen LogP contribution is 2.24. The van der Waals surface area contributed by atoms with Crippen molar-refractivity contribution >= 4 is 29.0 Å². The molecule has 1 aromatic heterocycles. The minimum absolute atomic E-state index is 0.108. The number of aromatic amines is 1. The van der Waals surface area contributed by atoms with Gasteiger partial charge in [0.05, 0.1) is 10.2 Å². The second-order valence-corrected chi connectivity index (χ2v) is 6.79. The van der Waals surface area contributed by atoms with E-state index in [-0.39, 0.29) is 11.2 Å². The zero-order valence-corrected chi connectivity index (χ0v) is 14.9. The number of nitro benzene ring substituents is 1. The smallest absolute Gasteiger partial charge is 0.306 e. The fourth-order valence-electron chi connectivity index (χ4n) is 2.12. The molecular formula is C16H17FN4O4S. The molecule has 2 aromatic rings. The van der Waals surface area contributed by atoms with Crippen LogP contribution in [0.1, 0.15) is 26.0 Å². The van der Waals surface area contributed by atoms with E-state index in [2.05, 4.69) is 15.3 Å². The molecule has 0 saturated heterocycles. The number of benzene rings is 1. The summed E-state index contributed by atoms with van der Waals surface area (Å²) in [5, 5.41) is 12.9. The van der Waals surface area contributed by atoms with Crippen LogP contribution in [0.2, 0.25) is 0 Å². The molecule has 0 radical (unpaired) electrons. The van der Waals surface area contributed by atoms with Crippen LogP contribution in [-0.2, 0) is 11.2 Å². The molecule has 8 nitrogen and oxygen atoms in total. The van der Waals surface area contributed by atoms with E-state index in [4.69, 9.17) is 0 Å². The maximum Gasteiger partial charge on any atom is 0.306 e. The maximum atomic E-state index is 13.3. The van der Waals surface area contributed by atoms with Gasteiger partial charge in [-0.05, 0) is 25.5 Å². The Balaban J connectivity index is 2.10. The standard InChI is InChI=1S/C16H17FN4O4S/c1-3-4-10-8-14(22)20-16(19-10)26-9(2)15(23)18-11-5-6-12(17)13(7-11)21(24)25/h5-9H,3-4H2,1-2H3,(H,18,23)(H,19,20,22)/t9-/m0/s1. The number of nitrogens with zero attached hydrogens (tertiary/aromatic N) is 2. The Labute approximate surface area is 152 Å². The summed E-state index contributed by atoms with van der Waals surface area (Å²) in [7, 11) is 0. The van der Waals surface area contributed by atoms with Gasteiger partial charge in [-0.25, -0.2) is 4.98 Å². The van der Waals surface area contributed by atoms with Crippen molar-refractivity contribution in [3.05, 3.63) is 56.2 Å². The zero-order chi connectivity index (χ0) is 19.3. The maximum absolute atomic E-state index is 13.3. The van der Waals surface area contributed by atoms with Gasteiger partial charge in [0.25, 0.3) is 5.56 Å². The van der Waals surface area contributed by atoms with Crippen molar-refractivity contribution in [2.45, 2.75) is 37.1 Å². The predicted molar refractivity (Wildman–Crippen MR) is 95.9 cm³/mol. The number of carbonyl (C=O) groups is 1. The summed E-state index contributed by atoms with van der Waals surface area (Å²) in [5.74, 6) is -1.44. The van der Waals surface area contributed by atoms with Crippen molar-refractivity contribution in [3.8, 4) is 0 Å². The molecule has 0 aliphatic heterocycles. The van der Waals surface area contributed by atoms with Crippen LogP contribution in [0.4, 0.5) is 15.8 Å². The Hall–Kier alpha value is -2.75. The number of anilines is 1. The second kappa shape index (κ2) is 8.56. The number of hydrogen-bond acceptors (Lipinski definition) is 6. The molecule has 0 unspecified atom stereocenters. The molecule has 26 heavy (non-hydrogen) atoms. The second-order valence-electron chi connectivity index (χ2n) is 5.46. The molecule has 0 aliphatic carbocycles. The molecular weight excluding hydrogens is 363 g/mol. The third-order valence-corrected chi connectivity index (χ3v) is 4.33. The Morgan fingerprint density at radius 3 is 2.85 bits per heavy atom. The number of aryl methyl sites for hydroxylation is 1. The van der Waals surface area contributed by atoms with Gasteiger partial charge in [0.1, 0.15) is 0 Å². The van der Waals surface area contributed by atoms with E-state index in [0.29, 0.717) is 17.3 Å². The average molecular weight is 380 g/mol. The summed E-state index contributed by atoms with van der Waals surface area (Å²) in [6.45, 7) is 3.57. The number of H-pyrrole nitrogens is 1. The molecule has 1 heterocycles. The van der Waals surface area contributed by atoms with Gasteiger partial charge in [-0.15, -0.1) is 0 Å². The lowest BCUT2D eigenvalue weighted by Crippen LogP contribution is -2.23. The van der Waals surface area contributed by atoms with Gasteiger partial charge in [-0.2, -0.15) is 4.39 Å². The van der Waals surface area contributed by atoms with Crippen molar-refractivity contribution in [2.75, 3.05) is 5.32 Å². The first-order valence-corrected chi connectivity index (χ1v) is 8.69. The number of nitrogens with one attached hydrogen (secondary N) is 2. The average Bonchev–Trinajstić information content (AvgIpc) is 2.56. The molecule has 0 bridgehead atoms. The van der Waals surface area contributed by atoms with Crippen LogP contribution in [0.15, 0.2) is 34.2 Å². The number of hydrogen-bond donors (Lipinski definition) is 2. The fourth-order valence-corrected chi connectivity index (χ4v) is 2.95. The zero-order valence-electron chi connectivity index (χ0n) is 14.1. The summed E-state index contributed by atoms with van der Waals surface area (Å²) < 4.78 is 13.3. The first-order chi connectivity index (χ1) is 12.3. The van der Waals surface area contributed by atoms with Crippen LogP contribution >= 0.6 is 11.8 Å². The molecule has 0 aliphatic rings. The molecule has 0 spiro atoms. The predicted octanol–water partition coefficient (Wildman–Crippen LogP) is 2.89. The van der Waals surface area contributed by atoms with E-state index in [1.54, 1.807) is 6.92 Å². The lowest BCUT2D eigenvalue weighted by Gasteiger charge is -2.12. The number of rotatable bonds is 7. The summed E-state index contributed by atoms with van der Waals surface area (Å²) in [6, 6.07) is 4.51. The van der Waals surface area contributed by atoms with E-state index < -0.39 is 27.6 Å². The van der Waals surface area contributed by atoms with Gasteiger partial charge in [-0.3, -0.25) is 19.7 Å². The third-order valence-electron chi connectivity index (χ3n) is 3.35. The van der Waals surface area contributed by atoms with Crippen molar-refractivity contribution in [1.82, 2.24) is 9.97 Å². The summed E-state index contributed by atoms with van der Waals surface area (Å²) in [5.41, 5.74) is -0.272. The largest absolute Gasteiger partial charge is 0.325 e. The van der Waals surface area contributed by atoms with E-state index in [1.165, 1.54) is 12.1 Å². The highest BCUT2D eigenvalue weighted by molar-refractivity contribution is 8.00. The Morgan fingerprint density at radius 2 is 2.19 bits per heavy atom. The van der Waals surface area contributed by atoms with Crippen molar-refractivity contribution in [1.29, 1.82) is 0 Å². The Kier molecular flexibility index (Phi) is 6.45. The van der Waals surface area contributed by atoms with Gasteiger partial charge in [0, 0.05) is 23.5 Å². The van der Waals surface area contributed by atoms with Crippen LogP contribution < -0.4 is 10.9 Å². The number of nitro groups is 1. The number of thioether (sulfide) groups is 1. The van der Waals surface area contributed by atoms with E-state index >= 15 is 0 Å². The lowest BCUT2D eigenvalue weighted by molar-refractivity contribution is -0.387. The van der Waals surface area contributed by atoms with Crippen molar-refractivity contribution in [3.63, 3.8) is 0 Å². The first-order valence-electron chi connectivity index (χ1n) is 7.82. The van der Waals surface area contributed by atoms with Gasteiger partial charge in [-0.1, -0.05) is 25.1 Å². The normalized spacial score (nSPS) is 11.8. The molecule has 0 saturated carbocycles. The van der Waals surface area contributed by atoms with Gasteiger partial charge < -0.3 is 10.3 Å². The summed E-state index contributed by atoms with van der Waals surface area (Å²) in [6.07, 6.45) is 1.48. The van der Waals surface area contributed by atoms with Crippen LogP contribution in [0.25, 0.3) is 0 Å². The molecule has 138 valence electrons. The molecule has 1 atom stereocenters. The quantitative estimate of drug-likeness (QED) is 0.330. The monoisotopic (exact) mass is 380 g/mol. The molecule has 10 heteroatoms. The number of amides is 1. The van der Waals surface area contributed by atoms with Gasteiger partial charge in [0.2, 0.25) is 11.7 Å².